The molecule has 0 aliphatic carbocycles. The lowest BCUT2D eigenvalue weighted by atomic mass is 10.2. The third kappa shape index (κ3) is 3.95. The zero-order valence-electron chi connectivity index (χ0n) is 13.6. The number of carbonyl (C=O) groups is 2. The second-order valence-electron chi connectivity index (χ2n) is 4.76. The summed E-state index contributed by atoms with van der Waals surface area (Å²) in [4.78, 5) is 23.1. The first-order chi connectivity index (χ1) is 11.6. The van der Waals surface area contributed by atoms with Crippen LogP contribution in [0.15, 0.2) is 58.9 Å². The van der Waals surface area contributed by atoms with E-state index in [1.165, 1.54) is 19.2 Å². The fourth-order valence-electron chi connectivity index (χ4n) is 1.94. The molecule has 24 heavy (non-hydrogen) atoms. The molecule has 0 heterocycles. The normalized spacial score (nSPS) is 10.5. The van der Waals surface area contributed by atoms with Crippen LogP contribution in [-0.4, -0.2) is 33.2 Å². The van der Waals surface area contributed by atoms with E-state index in [2.05, 4.69) is 15.1 Å². The van der Waals surface area contributed by atoms with Crippen LogP contribution in [0, 0.1) is 0 Å². The molecule has 2 rings (SSSR count). The highest BCUT2D eigenvalue weighted by molar-refractivity contribution is 5.94. The van der Waals surface area contributed by atoms with Crippen LogP contribution in [0.4, 0.5) is 11.4 Å². The zero-order chi connectivity index (χ0) is 17.5. The number of nitrogens with zero attached hydrogens (tertiary/aromatic N) is 3. The van der Waals surface area contributed by atoms with E-state index in [0.29, 0.717) is 16.8 Å². The summed E-state index contributed by atoms with van der Waals surface area (Å²) < 4.78 is 9.37. The molecule has 0 saturated heterocycles. The average molecular weight is 327 g/mol. The Balaban J connectivity index is 2.17. The summed E-state index contributed by atoms with van der Waals surface area (Å²) in [5.41, 5.74) is 1.91. The van der Waals surface area contributed by atoms with Crippen molar-refractivity contribution in [2.45, 2.75) is 0 Å². The van der Waals surface area contributed by atoms with Gasteiger partial charge in [0.2, 0.25) is 0 Å². The quantitative estimate of drug-likeness (QED) is 0.478. The van der Waals surface area contributed by atoms with E-state index in [9.17, 15) is 9.59 Å². The summed E-state index contributed by atoms with van der Waals surface area (Å²) in [6.45, 7) is 0. The predicted octanol–water partition coefficient (Wildman–Crippen LogP) is 3.39. The van der Waals surface area contributed by atoms with Crippen LogP contribution in [-0.2, 0) is 9.47 Å². The maximum absolute atomic E-state index is 11.7. The Morgan fingerprint density at radius 1 is 0.917 bits per heavy atom. The number of carbonyl (C=O) groups excluding carboxylic acids is 2. The minimum atomic E-state index is -0.477. The number of ether oxygens (including phenoxy) is 2. The van der Waals surface area contributed by atoms with Crippen molar-refractivity contribution >= 4 is 23.3 Å². The lowest BCUT2D eigenvalue weighted by molar-refractivity contribution is 0.0592. The molecule has 0 aliphatic rings. The van der Waals surface area contributed by atoms with E-state index in [1.807, 2.05) is 0 Å². The van der Waals surface area contributed by atoms with E-state index in [4.69, 9.17) is 4.74 Å². The number of hydrogen-bond acceptors (Lipinski definition) is 6. The van der Waals surface area contributed by atoms with Gasteiger partial charge in [0.05, 0.1) is 31.0 Å². The second kappa shape index (κ2) is 7.87. The third-order valence-electron chi connectivity index (χ3n) is 3.26. The van der Waals surface area contributed by atoms with Crippen molar-refractivity contribution in [1.29, 1.82) is 0 Å². The highest BCUT2D eigenvalue weighted by atomic mass is 16.5. The van der Waals surface area contributed by atoms with Crippen molar-refractivity contribution in [2.75, 3.05) is 26.3 Å². The van der Waals surface area contributed by atoms with Gasteiger partial charge in [0.15, 0.2) is 0 Å². The number of rotatable bonds is 5. The minimum absolute atomic E-state index is 0.332. The van der Waals surface area contributed by atoms with E-state index in [1.54, 1.807) is 55.6 Å². The fraction of sp³-hybridized carbons (Fsp3) is 0.176. The number of methoxy groups -OCH3 is 2. The molecule has 2 aromatic rings. The van der Waals surface area contributed by atoms with Crippen LogP contribution in [0.25, 0.3) is 0 Å². The molecule has 0 aliphatic heterocycles. The molecule has 2 aromatic carbocycles. The highest BCUT2D eigenvalue weighted by Crippen LogP contribution is 2.21. The predicted molar refractivity (Wildman–Crippen MR) is 88.5 cm³/mol. The monoisotopic (exact) mass is 327 g/mol. The summed E-state index contributed by atoms with van der Waals surface area (Å²) >= 11 is 0. The molecule has 7 nitrogen and oxygen atoms in total. The SMILES string of the molecule is COC(=O)c1ccc(N(C)/N=N/c2ccccc2C(=O)OC)cc1. The second-order valence-corrected chi connectivity index (χ2v) is 4.76. The first-order valence-electron chi connectivity index (χ1n) is 7.08. The van der Waals surface area contributed by atoms with Crippen molar-refractivity contribution in [3.05, 3.63) is 59.7 Å². The van der Waals surface area contributed by atoms with Crippen LogP contribution in [0.5, 0.6) is 0 Å². The first-order valence-corrected chi connectivity index (χ1v) is 7.08. The summed E-state index contributed by atoms with van der Waals surface area (Å²) in [6.07, 6.45) is 0. The Kier molecular flexibility index (Phi) is 5.62. The van der Waals surface area contributed by atoms with Crippen LogP contribution >= 0.6 is 0 Å². The Labute approximate surface area is 139 Å². The largest absolute Gasteiger partial charge is 0.465 e. The van der Waals surface area contributed by atoms with E-state index in [-0.39, 0.29) is 0 Å². The van der Waals surface area contributed by atoms with Crippen LogP contribution in [0.3, 0.4) is 0 Å². The van der Waals surface area contributed by atoms with Gasteiger partial charge in [0, 0.05) is 7.05 Å². The average Bonchev–Trinajstić information content (AvgIpc) is 2.65. The number of benzene rings is 2. The molecule has 124 valence electrons. The number of esters is 2. The van der Waals surface area contributed by atoms with E-state index >= 15 is 0 Å². The molecule has 0 saturated carbocycles. The summed E-state index contributed by atoms with van der Waals surface area (Å²) in [5, 5.41) is 9.68. The molecule has 0 fully saturated rings. The van der Waals surface area contributed by atoms with Gasteiger partial charge in [0.1, 0.15) is 5.69 Å². The van der Waals surface area contributed by atoms with Crippen LogP contribution in [0.1, 0.15) is 20.7 Å². The molecular weight excluding hydrogens is 310 g/mol. The maximum Gasteiger partial charge on any atom is 0.340 e. The standard InChI is InChI=1S/C17H17N3O4/c1-20(13-10-8-12(9-11-13)16(21)23-2)19-18-15-7-5-4-6-14(15)17(22)24-3/h4-11H,1-3H3/b19-18+. The van der Waals surface area contributed by atoms with E-state index < -0.39 is 11.9 Å². The Bertz CT molecular complexity index is 757. The molecule has 0 N–H and O–H groups in total. The van der Waals surface area contributed by atoms with Crippen LogP contribution in [0.2, 0.25) is 0 Å². The van der Waals surface area contributed by atoms with Crippen molar-refractivity contribution in [1.82, 2.24) is 0 Å². The van der Waals surface area contributed by atoms with Gasteiger partial charge in [-0.05, 0) is 36.4 Å². The maximum atomic E-state index is 11.7. The minimum Gasteiger partial charge on any atom is -0.465 e. The topological polar surface area (TPSA) is 80.6 Å². The highest BCUT2D eigenvalue weighted by Gasteiger charge is 2.11. The fourth-order valence-corrected chi connectivity index (χ4v) is 1.94. The summed E-state index contributed by atoms with van der Waals surface area (Å²) in [5.74, 6) is -0.882. The molecular formula is C17H17N3O4. The Morgan fingerprint density at radius 2 is 1.54 bits per heavy atom. The molecule has 0 radical (unpaired) electrons. The van der Waals surface area contributed by atoms with Gasteiger partial charge in [0.25, 0.3) is 0 Å². The van der Waals surface area contributed by atoms with Crippen molar-refractivity contribution < 1.29 is 19.1 Å². The number of anilines is 1. The van der Waals surface area contributed by atoms with Crippen molar-refractivity contribution in [3.63, 3.8) is 0 Å². The molecule has 7 heteroatoms. The van der Waals surface area contributed by atoms with Gasteiger partial charge in [-0.2, -0.15) is 0 Å². The zero-order valence-corrected chi connectivity index (χ0v) is 13.6. The molecule has 0 amide bonds. The molecule has 0 bridgehead atoms. The Morgan fingerprint density at radius 3 is 2.17 bits per heavy atom. The number of hydrogen-bond donors (Lipinski definition) is 0. The van der Waals surface area contributed by atoms with Gasteiger partial charge >= 0.3 is 11.9 Å². The van der Waals surface area contributed by atoms with Gasteiger partial charge in [-0.15, -0.1) is 5.11 Å². The van der Waals surface area contributed by atoms with Crippen molar-refractivity contribution in [3.8, 4) is 0 Å². The van der Waals surface area contributed by atoms with Gasteiger partial charge < -0.3 is 9.47 Å². The summed E-state index contributed by atoms with van der Waals surface area (Å²) in [6, 6.07) is 13.5. The molecule has 0 unspecified atom stereocenters. The van der Waals surface area contributed by atoms with Gasteiger partial charge in [-0.3, -0.25) is 0 Å². The lowest BCUT2D eigenvalue weighted by Gasteiger charge is -2.12. The smallest absolute Gasteiger partial charge is 0.340 e. The lowest BCUT2D eigenvalue weighted by Crippen LogP contribution is -2.08. The molecule has 0 atom stereocenters. The Hall–Kier alpha value is -3.22. The molecule has 0 aromatic heterocycles. The summed E-state index contributed by atoms with van der Waals surface area (Å²) in [7, 11) is 4.35. The molecule has 0 spiro atoms. The van der Waals surface area contributed by atoms with Gasteiger partial charge in [-0.25, -0.2) is 14.6 Å². The van der Waals surface area contributed by atoms with Crippen molar-refractivity contribution in [2.24, 2.45) is 10.3 Å². The van der Waals surface area contributed by atoms with Gasteiger partial charge in [-0.1, -0.05) is 17.4 Å². The third-order valence-corrected chi connectivity index (χ3v) is 3.26. The van der Waals surface area contributed by atoms with Crippen LogP contribution < -0.4 is 5.01 Å². The first kappa shape index (κ1) is 17.1. The van der Waals surface area contributed by atoms with E-state index in [0.717, 1.165) is 5.69 Å².